The number of rotatable bonds is 2. The van der Waals surface area contributed by atoms with Crippen LogP contribution in [0.2, 0.25) is 0 Å². The van der Waals surface area contributed by atoms with Crippen molar-refractivity contribution in [2.24, 2.45) is 0 Å². The zero-order valence-corrected chi connectivity index (χ0v) is 5.94. The van der Waals surface area contributed by atoms with Gasteiger partial charge in [-0.3, -0.25) is 4.57 Å². The van der Waals surface area contributed by atoms with Gasteiger partial charge in [0, 0.05) is 12.4 Å². The monoisotopic (exact) mass is 156 g/mol. The van der Waals surface area contributed by atoms with Crippen molar-refractivity contribution in [2.45, 2.75) is 13.0 Å². The van der Waals surface area contributed by atoms with Crippen LogP contribution in [0.4, 0.5) is 0 Å². The number of nitrogens with zero attached hydrogens (tertiary/aromatic N) is 1. The predicted octanol–water partition coefficient (Wildman–Crippen LogP) is -0.178. The maximum Gasteiger partial charge on any atom is 0.326 e. The van der Waals surface area contributed by atoms with Gasteiger partial charge < -0.3 is 10.1 Å². The second-order valence-electron chi connectivity index (χ2n) is 2.19. The van der Waals surface area contributed by atoms with Gasteiger partial charge in [0.2, 0.25) is 0 Å². The van der Waals surface area contributed by atoms with Crippen molar-refractivity contribution < 1.29 is 9.90 Å². The lowest BCUT2D eigenvalue weighted by Gasteiger charge is -2.04. The molecule has 0 saturated carbocycles. The molecule has 1 atom stereocenters. The maximum atomic E-state index is 10.8. The molecule has 5 nitrogen and oxygen atoms in total. The van der Waals surface area contributed by atoms with E-state index in [1.54, 1.807) is 0 Å². The van der Waals surface area contributed by atoms with Gasteiger partial charge in [0.05, 0.1) is 0 Å². The standard InChI is InChI=1S/C6H8N2O3/c1-4(5(9)10)8-3-2-7-6(8)11/h2-4H,1H3,(H,7,11)(H,9,10)/t4-/m0/s1. The molecule has 1 aromatic rings. The number of hydrogen-bond donors (Lipinski definition) is 2. The van der Waals surface area contributed by atoms with Crippen molar-refractivity contribution in [2.75, 3.05) is 0 Å². The smallest absolute Gasteiger partial charge is 0.326 e. The lowest BCUT2D eigenvalue weighted by Crippen LogP contribution is -2.25. The summed E-state index contributed by atoms with van der Waals surface area (Å²) in [6.45, 7) is 1.44. The lowest BCUT2D eigenvalue weighted by atomic mass is 10.3. The van der Waals surface area contributed by atoms with E-state index in [0.29, 0.717) is 0 Å². The van der Waals surface area contributed by atoms with E-state index in [0.717, 1.165) is 4.57 Å². The molecule has 0 aliphatic carbocycles. The molecule has 0 unspecified atom stereocenters. The number of aromatic nitrogens is 2. The van der Waals surface area contributed by atoms with Gasteiger partial charge in [0.15, 0.2) is 0 Å². The fourth-order valence-corrected chi connectivity index (χ4v) is 0.755. The molecule has 0 bridgehead atoms. The maximum absolute atomic E-state index is 10.8. The van der Waals surface area contributed by atoms with Crippen molar-refractivity contribution in [3.05, 3.63) is 22.9 Å². The van der Waals surface area contributed by atoms with E-state index < -0.39 is 17.7 Å². The molecule has 0 fully saturated rings. The zero-order valence-electron chi connectivity index (χ0n) is 5.94. The summed E-state index contributed by atoms with van der Waals surface area (Å²) < 4.78 is 1.11. The van der Waals surface area contributed by atoms with Crippen LogP contribution in [0, 0.1) is 0 Å². The third kappa shape index (κ3) is 1.31. The van der Waals surface area contributed by atoms with E-state index in [9.17, 15) is 9.59 Å². The Kier molecular flexibility index (Phi) is 1.80. The van der Waals surface area contributed by atoms with E-state index in [1.165, 1.54) is 19.3 Å². The first-order valence-corrected chi connectivity index (χ1v) is 3.11. The lowest BCUT2D eigenvalue weighted by molar-refractivity contribution is -0.140. The van der Waals surface area contributed by atoms with Crippen molar-refractivity contribution >= 4 is 5.97 Å². The molecular formula is C6H8N2O3. The second-order valence-corrected chi connectivity index (χ2v) is 2.19. The van der Waals surface area contributed by atoms with Crippen LogP contribution in [-0.4, -0.2) is 20.6 Å². The quantitative estimate of drug-likeness (QED) is 0.623. The third-order valence-electron chi connectivity index (χ3n) is 1.45. The van der Waals surface area contributed by atoms with Crippen molar-refractivity contribution in [1.29, 1.82) is 0 Å². The molecule has 0 radical (unpaired) electrons. The molecule has 0 spiro atoms. The average Bonchev–Trinajstić information content (AvgIpc) is 2.33. The highest BCUT2D eigenvalue weighted by molar-refractivity contribution is 5.71. The number of H-pyrrole nitrogens is 1. The second kappa shape index (κ2) is 2.61. The molecular weight excluding hydrogens is 148 g/mol. The van der Waals surface area contributed by atoms with Crippen LogP contribution < -0.4 is 5.69 Å². The van der Waals surface area contributed by atoms with Crippen LogP contribution in [0.15, 0.2) is 17.2 Å². The third-order valence-corrected chi connectivity index (χ3v) is 1.45. The molecule has 11 heavy (non-hydrogen) atoms. The fraction of sp³-hybridized carbons (Fsp3) is 0.333. The highest BCUT2D eigenvalue weighted by atomic mass is 16.4. The van der Waals surface area contributed by atoms with Crippen LogP contribution in [0.1, 0.15) is 13.0 Å². The summed E-state index contributed by atoms with van der Waals surface area (Å²) in [4.78, 5) is 23.5. The number of aromatic amines is 1. The van der Waals surface area contributed by atoms with Crippen molar-refractivity contribution in [3.63, 3.8) is 0 Å². The molecule has 1 heterocycles. The number of carboxylic acids is 1. The summed E-state index contributed by atoms with van der Waals surface area (Å²) in [5.41, 5.74) is -0.403. The van der Waals surface area contributed by atoms with E-state index in [-0.39, 0.29) is 0 Å². The number of aliphatic carboxylic acids is 1. The van der Waals surface area contributed by atoms with Crippen LogP contribution in [0.25, 0.3) is 0 Å². The molecule has 1 rings (SSSR count). The van der Waals surface area contributed by atoms with Gasteiger partial charge in [0.1, 0.15) is 6.04 Å². The Balaban J connectivity index is 3.02. The summed E-state index contributed by atoms with van der Waals surface area (Å²) in [5.74, 6) is -1.02. The highest BCUT2D eigenvalue weighted by Gasteiger charge is 2.13. The molecule has 0 aliphatic heterocycles. The molecule has 60 valence electrons. The fourth-order valence-electron chi connectivity index (χ4n) is 0.755. The SMILES string of the molecule is C[C@@H](C(=O)O)n1cc[nH]c1=O. The predicted molar refractivity (Wildman–Crippen MR) is 37.4 cm³/mol. The Labute approximate surface area is 62.3 Å². The Morgan fingerprint density at radius 1 is 1.82 bits per heavy atom. The Morgan fingerprint density at radius 3 is 2.82 bits per heavy atom. The molecule has 0 amide bonds. The first-order valence-electron chi connectivity index (χ1n) is 3.11. The summed E-state index contributed by atoms with van der Waals surface area (Å²) in [7, 11) is 0. The topological polar surface area (TPSA) is 75.1 Å². The molecule has 1 aromatic heterocycles. The largest absolute Gasteiger partial charge is 0.480 e. The van der Waals surface area contributed by atoms with Crippen LogP contribution in [0.5, 0.6) is 0 Å². The summed E-state index contributed by atoms with van der Waals surface area (Å²) in [6.07, 6.45) is 2.81. The molecule has 0 aromatic carbocycles. The Morgan fingerprint density at radius 2 is 2.45 bits per heavy atom. The van der Waals surface area contributed by atoms with E-state index in [2.05, 4.69) is 4.98 Å². The average molecular weight is 156 g/mol. The van der Waals surface area contributed by atoms with E-state index in [1.807, 2.05) is 0 Å². The minimum Gasteiger partial charge on any atom is -0.480 e. The first kappa shape index (κ1) is 7.59. The Hall–Kier alpha value is -1.52. The molecule has 5 heteroatoms. The Bertz CT molecular complexity index is 312. The van der Waals surface area contributed by atoms with Crippen LogP contribution in [-0.2, 0) is 4.79 Å². The number of nitrogens with one attached hydrogen (secondary N) is 1. The van der Waals surface area contributed by atoms with Crippen molar-refractivity contribution in [1.82, 2.24) is 9.55 Å². The van der Waals surface area contributed by atoms with Gasteiger partial charge in [-0.2, -0.15) is 0 Å². The van der Waals surface area contributed by atoms with Crippen LogP contribution >= 0.6 is 0 Å². The molecule has 0 aliphatic rings. The van der Waals surface area contributed by atoms with Crippen LogP contribution in [0.3, 0.4) is 0 Å². The van der Waals surface area contributed by atoms with Gasteiger partial charge in [-0.15, -0.1) is 0 Å². The van der Waals surface area contributed by atoms with Gasteiger partial charge in [-0.05, 0) is 6.92 Å². The number of hydrogen-bond acceptors (Lipinski definition) is 2. The van der Waals surface area contributed by atoms with Gasteiger partial charge in [-0.1, -0.05) is 0 Å². The number of carbonyl (C=O) groups is 1. The van der Waals surface area contributed by atoms with Gasteiger partial charge in [-0.25, -0.2) is 9.59 Å². The summed E-state index contributed by atoms with van der Waals surface area (Å²) in [5, 5.41) is 8.50. The molecule has 0 saturated heterocycles. The number of imidazole rings is 1. The normalized spacial score (nSPS) is 12.8. The van der Waals surface area contributed by atoms with Crippen molar-refractivity contribution in [3.8, 4) is 0 Å². The molecule has 2 N–H and O–H groups in total. The van der Waals surface area contributed by atoms with Gasteiger partial charge in [0.25, 0.3) is 0 Å². The zero-order chi connectivity index (χ0) is 8.43. The first-order chi connectivity index (χ1) is 5.13. The number of carboxylic acid groups (broad SMARTS) is 1. The summed E-state index contributed by atoms with van der Waals surface area (Å²) >= 11 is 0. The van der Waals surface area contributed by atoms with E-state index in [4.69, 9.17) is 5.11 Å². The van der Waals surface area contributed by atoms with Gasteiger partial charge >= 0.3 is 11.7 Å². The minimum absolute atomic E-state index is 0.403. The highest BCUT2D eigenvalue weighted by Crippen LogP contribution is 1.99. The summed E-state index contributed by atoms with van der Waals surface area (Å²) in [6, 6.07) is -0.811. The minimum atomic E-state index is -1.02. The van der Waals surface area contributed by atoms with E-state index >= 15 is 0 Å².